The van der Waals surface area contributed by atoms with Crippen molar-refractivity contribution in [1.82, 2.24) is 0 Å². The van der Waals surface area contributed by atoms with E-state index in [4.69, 9.17) is 9.31 Å². The zero-order valence-electron chi connectivity index (χ0n) is 12.7. The summed E-state index contributed by atoms with van der Waals surface area (Å²) in [6, 6.07) is 8.21. The quantitative estimate of drug-likeness (QED) is 0.603. The maximum absolute atomic E-state index is 6.02. The molecule has 0 radical (unpaired) electrons. The highest BCUT2D eigenvalue weighted by atomic mass is 16.7. The molecule has 0 amide bonds. The summed E-state index contributed by atoms with van der Waals surface area (Å²) < 4.78 is 12.0. The molecule has 1 heterocycles. The molecule has 0 aromatic heterocycles. The molecule has 1 saturated heterocycles. The average molecular weight is 259 g/mol. The number of nitrogens with zero attached hydrogens (tertiary/aromatic N) is 1. The third-order valence-corrected chi connectivity index (χ3v) is 4.19. The lowest BCUT2D eigenvalue weighted by atomic mass is 9.79. The second-order valence-corrected chi connectivity index (χ2v) is 6.02. The van der Waals surface area contributed by atoms with Crippen LogP contribution in [0.25, 0.3) is 0 Å². The van der Waals surface area contributed by atoms with Crippen molar-refractivity contribution in [3.8, 4) is 0 Å². The topological polar surface area (TPSA) is 30.8 Å². The molecule has 1 aromatic carbocycles. The lowest BCUT2D eigenvalue weighted by Gasteiger charge is -2.32. The summed E-state index contributed by atoms with van der Waals surface area (Å²) in [6.07, 6.45) is 0. The van der Waals surface area contributed by atoms with Gasteiger partial charge in [0.2, 0.25) is 0 Å². The molecule has 0 unspecified atom stereocenters. The number of hydrogen-bond acceptors (Lipinski definition) is 3. The molecule has 3 nitrogen and oxygen atoms in total. The Balaban J connectivity index is 2.21. The van der Waals surface area contributed by atoms with Gasteiger partial charge in [-0.1, -0.05) is 24.3 Å². The second-order valence-electron chi connectivity index (χ2n) is 6.02. The molecule has 19 heavy (non-hydrogen) atoms. The first-order valence-corrected chi connectivity index (χ1v) is 6.66. The molecule has 2 rings (SSSR count). The van der Waals surface area contributed by atoms with Crippen LogP contribution < -0.4 is 5.46 Å². The van der Waals surface area contributed by atoms with Crippen LogP contribution in [0.1, 0.15) is 40.2 Å². The molecule has 1 aliphatic heterocycles. The van der Waals surface area contributed by atoms with E-state index in [2.05, 4.69) is 44.8 Å². The maximum atomic E-state index is 6.02. The summed E-state index contributed by atoms with van der Waals surface area (Å²) in [5.74, 6) is 0. The van der Waals surface area contributed by atoms with Gasteiger partial charge in [0.1, 0.15) is 0 Å². The van der Waals surface area contributed by atoms with Gasteiger partial charge < -0.3 is 9.31 Å². The predicted octanol–water partition coefficient (Wildman–Crippen LogP) is 2.42. The second kappa shape index (κ2) is 4.76. The Kier molecular flexibility index (Phi) is 3.58. The minimum atomic E-state index is -0.295. The lowest BCUT2D eigenvalue weighted by Crippen LogP contribution is -2.41. The van der Waals surface area contributed by atoms with E-state index in [0.717, 1.165) is 16.7 Å². The minimum absolute atomic E-state index is 0.294. The molecular formula is C15H22BNO2. The molecule has 1 aromatic rings. The van der Waals surface area contributed by atoms with E-state index >= 15 is 0 Å². The molecule has 0 spiro atoms. The van der Waals surface area contributed by atoms with E-state index in [-0.39, 0.29) is 18.3 Å². The standard InChI is InChI=1S/C15H22BNO2/c1-11(17-6)12-7-9-13(10-8-12)16-18-14(2,3)15(4,5)19-16/h7-10H,1-6H3. The van der Waals surface area contributed by atoms with Crippen LogP contribution in [0.3, 0.4) is 0 Å². The van der Waals surface area contributed by atoms with Crippen LogP contribution in [0, 0.1) is 0 Å². The Labute approximate surface area is 116 Å². The van der Waals surface area contributed by atoms with E-state index < -0.39 is 0 Å². The van der Waals surface area contributed by atoms with Gasteiger partial charge in [-0.2, -0.15) is 0 Å². The summed E-state index contributed by atoms with van der Waals surface area (Å²) in [5, 5.41) is 0. The van der Waals surface area contributed by atoms with Crippen molar-refractivity contribution < 1.29 is 9.31 Å². The fourth-order valence-electron chi connectivity index (χ4n) is 1.99. The number of benzene rings is 1. The highest BCUT2D eigenvalue weighted by Gasteiger charge is 2.51. The summed E-state index contributed by atoms with van der Waals surface area (Å²) in [4.78, 5) is 4.19. The minimum Gasteiger partial charge on any atom is -0.399 e. The zero-order valence-corrected chi connectivity index (χ0v) is 12.7. The van der Waals surface area contributed by atoms with Crippen LogP contribution >= 0.6 is 0 Å². The molecule has 4 heteroatoms. The predicted molar refractivity (Wildman–Crippen MR) is 80.3 cm³/mol. The van der Waals surface area contributed by atoms with E-state index in [0.29, 0.717) is 0 Å². The molecule has 0 saturated carbocycles. The largest absolute Gasteiger partial charge is 0.494 e. The molecular weight excluding hydrogens is 237 g/mol. The Morgan fingerprint density at radius 1 is 1.00 bits per heavy atom. The van der Waals surface area contributed by atoms with Gasteiger partial charge in [0.25, 0.3) is 0 Å². The monoisotopic (exact) mass is 259 g/mol. The lowest BCUT2D eigenvalue weighted by molar-refractivity contribution is 0.00578. The Bertz CT molecular complexity index is 475. The van der Waals surface area contributed by atoms with Crippen LogP contribution in [-0.2, 0) is 9.31 Å². The van der Waals surface area contributed by atoms with Gasteiger partial charge in [-0.3, -0.25) is 4.99 Å². The number of aliphatic imine (C=N–C) groups is 1. The van der Waals surface area contributed by atoms with Crippen LogP contribution in [0.5, 0.6) is 0 Å². The van der Waals surface area contributed by atoms with Gasteiger partial charge in [0.15, 0.2) is 0 Å². The first kappa shape index (κ1) is 14.3. The molecule has 1 aliphatic rings. The third kappa shape index (κ3) is 2.60. The summed E-state index contributed by atoms with van der Waals surface area (Å²) in [6.45, 7) is 10.3. The van der Waals surface area contributed by atoms with Crippen molar-refractivity contribution in [2.24, 2.45) is 4.99 Å². The van der Waals surface area contributed by atoms with Crippen LogP contribution in [-0.4, -0.2) is 31.1 Å². The van der Waals surface area contributed by atoms with Crippen LogP contribution in [0.4, 0.5) is 0 Å². The highest BCUT2D eigenvalue weighted by molar-refractivity contribution is 6.62. The van der Waals surface area contributed by atoms with Gasteiger partial charge >= 0.3 is 7.12 Å². The zero-order chi connectivity index (χ0) is 14.3. The fourth-order valence-corrected chi connectivity index (χ4v) is 1.99. The Morgan fingerprint density at radius 3 is 1.89 bits per heavy atom. The van der Waals surface area contributed by atoms with Crippen LogP contribution in [0.15, 0.2) is 29.3 Å². The number of rotatable bonds is 2. The fraction of sp³-hybridized carbons (Fsp3) is 0.533. The van der Waals surface area contributed by atoms with E-state index in [1.165, 1.54) is 0 Å². The van der Waals surface area contributed by atoms with Gasteiger partial charge in [0.05, 0.1) is 11.2 Å². The van der Waals surface area contributed by atoms with Crippen molar-refractivity contribution in [3.05, 3.63) is 29.8 Å². The van der Waals surface area contributed by atoms with E-state index in [1.807, 2.05) is 19.1 Å². The van der Waals surface area contributed by atoms with Gasteiger partial charge in [-0.25, -0.2) is 0 Å². The number of hydrogen-bond donors (Lipinski definition) is 0. The first-order valence-electron chi connectivity index (χ1n) is 6.66. The molecule has 0 N–H and O–H groups in total. The van der Waals surface area contributed by atoms with Crippen molar-refractivity contribution in [2.45, 2.75) is 45.8 Å². The smallest absolute Gasteiger partial charge is 0.399 e. The van der Waals surface area contributed by atoms with Gasteiger partial charge in [0, 0.05) is 12.8 Å². The van der Waals surface area contributed by atoms with Crippen molar-refractivity contribution >= 4 is 18.3 Å². The summed E-state index contributed by atoms with van der Waals surface area (Å²) in [5.41, 5.74) is 2.61. The Morgan fingerprint density at radius 2 is 1.47 bits per heavy atom. The van der Waals surface area contributed by atoms with Gasteiger partial charge in [-0.15, -0.1) is 0 Å². The summed E-state index contributed by atoms with van der Waals surface area (Å²) in [7, 11) is 1.51. The van der Waals surface area contributed by atoms with Crippen LogP contribution in [0.2, 0.25) is 0 Å². The third-order valence-electron chi connectivity index (χ3n) is 4.19. The van der Waals surface area contributed by atoms with Crippen molar-refractivity contribution in [1.29, 1.82) is 0 Å². The van der Waals surface area contributed by atoms with Crippen molar-refractivity contribution in [2.75, 3.05) is 7.05 Å². The molecule has 1 fully saturated rings. The summed E-state index contributed by atoms with van der Waals surface area (Å²) >= 11 is 0. The first-order chi connectivity index (χ1) is 8.77. The van der Waals surface area contributed by atoms with E-state index in [1.54, 1.807) is 7.05 Å². The Hall–Kier alpha value is -1.13. The van der Waals surface area contributed by atoms with Gasteiger partial charge in [-0.05, 0) is 45.6 Å². The van der Waals surface area contributed by atoms with Crippen molar-refractivity contribution in [3.63, 3.8) is 0 Å². The molecule has 0 aliphatic carbocycles. The van der Waals surface area contributed by atoms with E-state index in [9.17, 15) is 0 Å². The average Bonchev–Trinajstić information content (AvgIpc) is 2.58. The molecule has 0 atom stereocenters. The SMILES string of the molecule is CN=C(C)c1ccc(B2OC(C)(C)C(C)(C)O2)cc1. The molecule has 0 bridgehead atoms. The maximum Gasteiger partial charge on any atom is 0.494 e. The highest BCUT2D eigenvalue weighted by Crippen LogP contribution is 2.36. The normalized spacial score (nSPS) is 21.8. The molecule has 102 valence electrons.